The highest BCUT2D eigenvalue weighted by Crippen LogP contribution is 2.36. The highest BCUT2D eigenvalue weighted by atomic mass is 16.7. The fourth-order valence-electron chi connectivity index (χ4n) is 6.41. The fraction of sp³-hybridized carbons (Fsp3) is 0.220. The Morgan fingerprint density at radius 1 is 0.481 bits per heavy atom. The van der Waals surface area contributed by atoms with Crippen LogP contribution < -0.4 is 33.3 Å². The molecule has 13 heteroatoms. The van der Waals surface area contributed by atoms with Gasteiger partial charge in [-0.2, -0.15) is 0 Å². The summed E-state index contributed by atoms with van der Waals surface area (Å²) in [5, 5.41) is 3.27. The molecule has 0 saturated carbocycles. The van der Waals surface area contributed by atoms with E-state index in [-0.39, 0.29) is 20.0 Å². The van der Waals surface area contributed by atoms with Crippen molar-refractivity contribution in [3.8, 4) is 34.5 Å². The number of ether oxygens (including phenoxy) is 8. The average Bonchev–Trinajstić information content (AvgIpc) is 3.70. The van der Waals surface area contributed by atoms with Crippen LogP contribution in [0.2, 0.25) is 0 Å². The molecule has 0 aliphatic heterocycles. The van der Waals surface area contributed by atoms with Crippen molar-refractivity contribution in [3.05, 3.63) is 91.0 Å². The minimum Gasteiger partial charge on any atom is -0.497 e. The molecule has 0 aliphatic rings. The van der Waals surface area contributed by atoms with Crippen LogP contribution in [0.5, 0.6) is 34.5 Å². The molecule has 0 amide bonds. The quantitative estimate of drug-likeness (QED) is 0.0895. The van der Waals surface area contributed by atoms with E-state index in [0.717, 1.165) is 27.2 Å². The Labute approximate surface area is 310 Å². The Bertz CT molecular complexity index is 2400. The summed E-state index contributed by atoms with van der Waals surface area (Å²) in [6.45, 7) is -0.321. The van der Waals surface area contributed by atoms with Gasteiger partial charge in [0, 0.05) is 59.5 Å². The number of hydrogen-bond acceptors (Lipinski definition) is 11. The van der Waals surface area contributed by atoms with Crippen molar-refractivity contribution in [2.75, 3.05) is 67.4 Å². The second kappa shape index (κ2) is 15.1. The standard InChI is InChI=1S/C41H39N3O10/c1-42(2)25-17-30(51-15-16-52-40(45)43-36-11-7-26(47-3)20-32(36)33-21-27(48-4)8-12-37(33)43)19-31(18-25)53-24-54-41(46)44-38-13-9-28(49-5)22-34(38)35-23-29(50-6)10-14-39(35)44/h7-14,17-23H,15-16,24H2,1-6H3. The molecule has 5 aromatic carbocycles. The summed E-state index contributed by atoms with van der Waals surface area (Å²) in [7, 11) is 10.1. The molecule has 2 aromatic heterocycles. The third-order valence-electron chi connectivity index (χ3n) is 9.09. The Hall–Kier alpha value is -6.76. The molecule has 13 nitrogen and oxygen atoms in total. The molecule has 7 rings (SSSR count). The summed E-state index contributed by atoms with van der Waals surface area (Å²) in [6.07, 6.45) is -1.17. The number of rotatable bonds is 12. The molecule has 278 valence electrons. The van der Waals surface area contributed by atoms with Crippen LogP contribution in [0.1, 0.15) is 0 Å². The SMILES string of the molecule is COc1ccc2c(c1)c1cc(OC)ccc1n2C(=O)OCCOc1cc(OCOC(=O)n2c3ccc(OC)cc3c3cc(OC)ccc32)cc(N(C)C)c1. The van der Waals surface area contributed by atoms with Gasteiger partial charge in [-0.3, -0.25) is 0 Å². The number of methoxy groups -OCH3 is 4. The van der Waals surface area contributed by atoms with Gasteiger partial charge in [0.2, 0.25) is 6.79 Å². The molecule has 2 heterocycles. The number of nitrogens with zero attached hydrogens (tertiary/aromatic N) is 3. The molecule has 0 radical (unpaired) electrons. The number of aromatic nitrogens is 2. The van der Waals surface area contributed by atoms with Crippen molar-refractivity contribution in [2.24, 2.45) is 0 Å². The van der Waals surface area contributed by atoms with Gasteiger partial charge in [-0.05, 0) is 72.8 Å². The van der Waals surface area contributed by atoms with Crippen LogP contribution in [-0.2, 0) is 9.47 Å². The van der Waals surface area contributed by atoms with Crippen LogP contribution >= 0.6 is 0 Å². The summed E-state index contributed by atoms with van der Waals surface area (Å²) in [5.74, 6) is 3.53. The third-order valence-corrected chi connectivity index (χ3v) is 9.09. The van der Waals surface area contributed by atoms with Crippen molar-refractivity contribution in [3.63, 3.8) is 0 Å². The van der Waals surface area contributed by atoms with Gasteiger partial charge in [0.05, 0.1) is 50.5 Å². The smallest absolute Gasteiger partial charge is 0.421 e. The number of anilines is 1. The lowest BCUT2D eigenvalue weighted by Crippen LogP contribution is -2.18. The van der Waals surface area contributed by atoms with Crippen LogP contribution in [0, 0.1) is 0 Å². The van der Waals surface area contributed by atoms with E-state index in [0.29, 0.717) is 56.6 Å². The topological polar surface area (TPSA) is 121 Å². The van der Waals surface area contributed by atoms with Crippen molar-refractivity contribution < 1.29 is 47.5 Å². The van der Waals surface area contributed by atoms with Gasteiger partial charge in [0.15, 0.2) is 0 Å². The van der Waals surface area contributed by atoms with Gasteiger partial charge < -0.3 is 42.8 Å². The molecule has 0 saturated heterocycles. The number of benzene rings is 5. The molecule has 0 unspecified atom stereocenters. The maximum Gasteiger partial charge on any atom is 0.421 e. The van der Waals surface area contributed by atoms with E-state index < -0.39 is 12.2 Å². The lowest BCUT2D eigenvalue weighted by atomic mass is 10.1. The van der Waals surface area contributed by atoms with Gasteiger partial charge >= 0.3 is 12.2 Å². The van der Waals surface area contributed by atoms with Gasteiger partial charge in [0.25, 0.3) is 0 Å². The molecule has 0 atom stereocenters. The second-order valence-electron chi connectivity index (χ2n) is 12.4. The van der Waals surface area contributed by atoms with Crippen molar-refractivity contribution in [2.45, 2.75) is 0 Å². The zero-order chi connectivity index (χ0) is 37.9. The lowest BCUT2D eigenvalue weighted by Gasteiger charge is -2.17. The van der Waals surface area contributed by atoms with E-state index in [4.69, 9.17) is 37.9 Å². The summed E-state index contributed by atoms with van der Waals surface area (Å²) in [4.78, 5) is 28.8. The molecular formula is C41H39N3O10. The molecule has 54 heavy (non-hydrogen) atoms. The van der Waals surface area contributed by atoms with E-state index in [1.54, 1.807) is 64.8 Å². The zero-order valence-electron chi connectivity index (χ0n) is 30.7. The monoisotopic (exact) mass is 733 g/mol. The van der Waals surface area contributed by atoms with Gasteiger partial charge in [-0.15, -0.1) is 0 Å². The number of carbonyl (C=O) groups excluding carboxylic acids is 2. The lowest BCUT2D eigenvalue weighted by molar-refractivity contribution is 0.0614. The summed E-state index contributed by atoms with van der Waals surface area (Å²) < 4.78 is 47.9. The summed E-state index contributed by atoms with van der Waals surface area (Å²) in [5.41, 5.74) is 3.42. The zero-order valence-corrected chi connectivity index (χ0v) is 30.7. The second-order valence-corrected chi connectivity index (χ2v) is 12.4. The number of hydrogen-bond donors (Lipinski definition) is 0. The van der Waals surface area contributed by atoms with E-state index in [9.17, 15) is 9.59 Å². The van der Waals surface area contributed by atoms with Crippen LogP contribution in [0.15, 0.2) is 91.0 Å². The van der Waals surface area contributed by atoms with Crippen LogP contribution in [-0.4, -0.2) is 83.9 Å². The Morgan fingerprint density at radius 2 is 0.870 bits per heavy atom. The molecule has 0 bridgehead atoms. The molecule has 0 N–H and O–H groups in total. The van der Waals surface area contributed by atoms with Crippen LogP contribution in [0.3, 0.4) is 0 Å². The van der Waals surface area contributed by atoms with E-state index in [1.807, 2.05) is 73.6 Å². The predicted octanol–water partition coefficient (Wildman–Crippen LogP) is 8.09. The molecule has 7 aromatic rings. The van der Waals surface area contributed by atoms with Gasteiger partial charge in [-0.1, -0.05) is 0 Å². The highest BCUT2D eigenvalue weighted by molar-refractivity contribution is 6.14. The normalized spacial score (nSPS) is 11.1. The summed E-state index contributed by atoms with van der Waals surface area (Å²) >= 11 is 0. The van der Waals surface area contributed by atoms with Gasteiger partial charge in [0.1, 0.15) is 47.7 Å². The predicted molar refractivity (Wildman–Crippen MR) is 205 cm³/mol. The van der Waals surface area contributed by atoms with Gasteiger partial charge in [-0.25, -0.2) is 18.7 Å². The number of fused-ring (bicyclic) bond motifs is 6. The minimum atomic E-state index is -0.617. The van der Waals surface area contributed by atoms with Crippen LogP contribution in [0.4, 0.5) is 15.3 Å². The highest BCUT2D eigenvalue weighted by Gasteiger charge is 2.20. The van der Waals surface area contributed by atoms with Crippen LogP contribution in [0.25, 0.3) is 43.6 Å². The van der Waals surface area contributed by atoms with E-state index in [1.165, 1.54) is 9.13 Å². The van der Waals surface area contributed by atoms with E-state index >= 15 is 0 Å². The van der Waals surface area contributed by atoms with Crippen molar-refractivity contribution >= 4 is 61.5 Å². The first kappa shape index (κ1) is 35.6. The maximum absolute atomic E-state index is 13.5. The fourth-order valence-corrected chi connectivity index (χ4v) is 6.41. The Morgan fingerprint density at radius 3 is 1.26 bits per heavy atom. The maximum atomic E-state index is 13.5. The Balaban J connectivity index is 1.03. The largest absolute Gasteiger partial charge is 0.497 e. The molecule has 0 spiro atoms. The van der Waals surface area contributed by atoms with E-state index in [2.05, 4.69) is 0 Å². The Kier molecular flexibility index (Phi) is 9.95. The first-order valence-corrected chi connectivity index (χ1v) is 17.0. The van der Waals surface area contributed by atoms with Crippen molar-refractivity contribution in [1.82, 2.24) is 9.13 Å². The molecule has 0 aliphatic carbocycles. The molecule has 0 fully saturated rings. The minimum absolute atomic E-state index is 0.0250. The van der Waals surface area contributed by atoms with Crippen molar-refractivity contribution in [1.29, 1.82) is 0 Å². The first-order chi connectivity index (χ1) is 26.2. The summed E-state index contributed by atoms with van der Waals surface area (Å²) in [6, 6.07) is 27.2. The first-order valence-electron chi connectivity index (χ1n) is 17.0. The third kappa shape index (κ3) is 6.78. The average molecular weight is 734 g/mol. The molecular weight excluding hydrogens is 694 g/mol. The number of carbonyl (C=O) groups is 2.